The first-order valence-corrected chi connectivity index (χ1v) is 6.57. The van der Waals surface area contributed by atoms with E-state index in [2.05, 4.69) is 0 Å². The number of carbonyl (C=O) groups is 2. The Bertz CT molecular complexity index is 536. The van der Waals surface area contributed by atoms with Crippen LogP contribution in [0.15, 0.2) is 18.2 Å². The van der Waals surface area contributed by atoms with E-state index in [4.69, 9.17) is 20.7 Å². The number of hydrogen-bond acceptors (Lipinski definition) is 5. The largest absolute Gasteiger partial charge is 0.504 e. The molecule has 1 aromatic rings. The lowest BCUT2D eigenvalue weighted by atomic mass is 9.93. The molecule has 0 heterocycles. The van der Waals surface area contributed by atoms with E-state index in [9.17, 15) is 19.1 Å². The number of alkyl halides is 1. The lowest BCUT2D eigenvalue weighted by Gasteiger charge is -2.15. The van der Waals surface area contributed by atoms with Gasteiger partial charge in [0.15, 0.2) is 11.5 Å². The summed E-state index contributed by atoms with van der Waals surface area (Å²) >= 11 is 0. The summed E-state index contributed by atoms with van der Waals surface area (Å²) in [5.74, 6) is -3.59. The minimum absolute atomic E-state index is 0.00721. The highest BCUT2D eigenvalue weighted by atomic mass is 19.1. The number of phenols is 1. The number of nitrogens with two attached hydrogens (primary N) is 1. The highest BCUT2D eigenvalue weighted by molar-refractivity contribution is 5.76. The molecule has 0 fully saturated rings. The number of hydrogen-bond donors (Lipinski definition) is 4. The Kier molecular flexibility index (Phi) is 6.58. The number of carboxylic acid groups (broad SMARTS) is 2. The molecule has 7 nitrogen and oxygen atoms in total. The summed E-state index contributed by atoms with van der Waals surface area (Å²) < 4.78 is 17.0. The van der Waals surface area contributed by atoms with Gasteiger partial charge in [0.2, 0.25) is 0 Å². The molecule has 0 bridgehead atoms. The monoisotopic (exact) mass is 315 g/mol. The van der Waals surface area contributed by atoms with Gasteiger partial charge in [-0.25, -0.2) is 4.39 Å². The van der Waals surface area contributed by atoms with Crippen molar-refractivity contribution >= 4 is 11.9 Å². The molecule has 0 aliphatic heterocycles. The first-order valence-electron chi connectivity index (χ1n) is 6.57. The van der Waals surface area contributed by atoms with Gasteiger partial charge in [0.1, 0.15) is 19.3 Å². The molecule has 0 unspecified atom stereocenters. The lowest BCUT2D eigenvalue weighted by molar-refractivity contribution is -0.143. The van der Waals surface area contributed by atoms with Crippen LogP contribution in [0.1, 0.15) is 12.0 Å². The van der Waals surface area contributed by atoms with Crippen molar-refractivity contribution < 1.29 is 34.0 Å². The predicted molar refractivity (Wildman–Crippen MR) is 74.6 cm³/mol. The molecule has 0 radical (unpaired) electrons. The van der Waals surface area contributed by atoms with Crippen LogP contribution < -0.4 is 10.5 Å². The van der Waals surface area contributed by atoms with Crippen molar-refractivity contribution in [3.8, 4) is 11.5 Å². The lowest BCUT2D eigenvalue weighted by Crippen LogP contribution is -2.35. The topological polar surface area (TPSA) is 130 Å². The molecule has 0 aliphatic carbocycles. The maximum Gasteiger partial charge on any atom is 0.320 e. The van der Waals surface area contributed by atoms with Gasteiger partial charge in [0.25, 0.3) is 0 Å². The summed E-state index contributed by atoms with van der Waals surface area (Å²) in [6.07, 6.45) is -0.223. The van der Waals surface area contributed by atoms with Crippen LogP contribution in [0.3, 0.4) is 0 Å². The maximum atomic E-state index is 12.0. The molecular weight excluding hydrogens is 297 g/mol. The first-order chi connectivity index (χ1) is 10.3. The SMILES string of the molecule is N[C@@H](C[C@H](Cc1ccc(OCCF)c(O)c1)C(=O)O)C(=O)O. The fourth-order valence-corrected chi connectivity index (χ4v) is 1.92. The average molecular weight is 315 g/mol. The third-order valence-corrected chi connectivity index (χ3v) is 3.05. The molecule has 2 atom stereocenters. The van der Waals surface area contributed by atoms with Gasteiger partial charge in [-0.05, 0) is 30.5 Å². The van der Waals surface area contributed by atoms with Crippen LogP contribution in [0.4, 0.5) is 4.39 Å². The van der Waals surface area contributed by atoms with Gasteiger partial charge < -0.3 is 25.8 Å². The molecule has 0 saturated heterocycles. The fourth-order valence-electron chi connectivity index (χ4n) is 1.92. The van der Waals surface area contributed by atoms with Gasteiger partial charge >= 0.3 is 11.9 Å². The number of aliphatic carboxylic acids is 2. The van der Waals surface area contributed by atoms with Crippen LogP contribution in [0.25, 0.3) is 0 Å². The summed E-state index contributed by atoms with van der Waals surface area (Å²) in [6, 6.07) is 2.95. The number of benzene rings is 1. The summed E-state index contributed by atoms with van der Waals surface area (Å²) in [7, 11) is 0. The van der Waals surface area contributed by atoms with Gasteiger partial charge in [-0.15, -0.1) is 0 Å². The molecule has 1 aromatic carbocycles. The standard InChI is InChI=1S/C14H18FNO6/c15-3-4-22-12-2-1-8(6-11(12)17)5-9(13(18)19)7-10(16)14(20)21/h1-2,6,9-10,17H,3-5,7,16H2,(H,18,19)(H,20,21)/t9-,10-/m0/s1. The van der Waals surface area contributed by atoms with Crippen molar-refractivity contribution in [2.75, 3.05) is 13.3 Å². The van der Waals surface area contributed by atoms with E-state index in [1.54, 1.807) is 0 Å². The van der Waals surface area contributed by atoms with E-state index in [1.807, 2.05) is 0 Å². The van der Waals surface area contributed by atoms with Crippen LogP contribution in [0.5, 0.6) is 11.5 Å². The number of carboxylic acids is 2. The Labute approximate surface area is 126 Å². The third-order valence-electron chi connectivity index (χ3n) is 3.05. The Morgan fingerprint density at radius 3 is 2.45 bits per heavy atom. The highest BCUT2D eigenvalue weighted by Gasteiger charge is 2.25. The van der Waals surface area contributed by atoms with Crippen LogP contribution in [0, 0.1) is 5.92 Å². The molecule has 1 rings (SSSR count). The van der Waals surface area contributed by atoms with Gasteiger partial charge in [-0.3, -0.25) is 9.59 Å². The quantitative estimate of drug-likeness (QED) is 0.530. The number of halogens is 1. The van der Waals surface area contributed by atoms with Crippen molar-refractivity contribution in [1.29, 1.82) is 0 Å². The molecule has 0 amide bonds. The van der Waals surface area contributed by atoms with Crippen molar-refractivity contribution in [3.63, 3.8) is 0 Å². The Morgan fingerprint density at radius 2 is 1.95 bits per heavy atom. The van der Waals surface area contributed by atoms with E-state index in [1.165, 1.54) is 18.2 Å². The predicted octanol–water partition coefficient (Wildman–Crippen LogP) is 0.786. The molecule has 5 N–H and O–H groups in total. The van der Waals surface area contributed by atoms with Gasteiger partial charge in [0, 0.05) is 0 Å². The molecule has 0 aliphatic rings. The number of aromatic hydroxyl groups is 1. The Hall–Kier alpha value is -2.35. The third kappa shape index (κ3) is 5.21. The molecular formula is C14H18FNO6. The number of rotatable bonds is 9. The van der Waals surface area contributed by atoms with Gasteiger partial charge in [-0.2, -0.15) is 0 Å². The molecule has 8 heteroatoms. The van der Waals surface area contributed by atoms with E-state index in [0.717, 1.165) is 0 Å². The van der Waals surface area contributed by atoms with Crippen LogP contribution in [0.2, 0.25) is 0 Å². The summed E-state index contributed by atoms with van der Waals surface area (Å²) in [5, 5.41) is 27.6. The molecule has 0 aromatic heterocycles. The van der Waals surface area contributed by atoms with E-state index < -0.39 is 30.6 Å². The van der Waals surface area contributed by atoms with Crippen LogP contribution >= 0.6 is 0 Å². The second-order valence-corrected chi connectivity index (χ2v) is 4.76. The van der Waals surface area contributed by atoms with Crippen LogP contribution in [-0.4, -0.2) is 46.6 Å². The second kappa shape index (κ2) is 8.18. The smallest absolute Gasteiger partial charge is 0.320 e. The Balaban J connectivity index is 2.79. The zero-order chi connectivity index (χ0) is 16.7. The minimum atomic E-state index is -1.28. The zero-order valence-electron chi connectivity index (χ0n) is 11.7. The number of phenolic OH excluding ortho intramolecular Hbond substituents is 1. The zero-order valence-corrected chi connectivity index (χ0v) is 11.7. The molecule has 0 spiro atoms. The Morgan fingerprint density at radius 1 is 1.27 bits per heavy atom. The van der Waals surface area contributed by atoms with E-state index in [0.29, 0.717) is 5.56 Å². The van der Waals surface area contributed by atoms with Crippen molar-refractivity contribution in [1.82, 2.24) is 0 Å². The van der Waals surface area contributed by atoms with Crippen molar-refractivity contribution in [3.05, 3.63) is 23.8 Å². The average Bonchev–Trinajstić information content (AvgIpc) is 2.45. The number of ether oxygens (including phenoxy) is 1. The first kappa shape index (κ1) is 17.7. The van der Waals surface area contributed by atoms with Crippen LogP contribution in [-0.2, 0) is 16.0 Å². The van der Waals surface area contributed by atoms with E-state index >= 15 is 0 Å². The minimum Gasteiger partial charge on any atom is -0.504 e. The molecule has 0 saturated carbocycles. The second-order valence-electron chi connectivity index (χ2n) is 4.76. The highest BCUT2D eigenvalue weighted by Crippen LogP contribution is 2.28. The van der Waals surface area contributed by atoms with E-state index in [-0.39, 0.29) is 30.9 Å². The van der Waals surface area contributed by atoms with Crippen molar-refractivity contribution in [2.24, 2.45) is 11.7 Å². The summed E-state index contributed by atoms with van der Waals surface area (Å²) in [6.45, 7) is -0.895. The molecule has 122 valence electrons. The maximum absolute atomic E-state index is 12.0. The van der Waals surface area contributed by atoms with Gasteiger partial charge in [0.05, 0.1) is 5.92 Å². The molecule has 22 heavy (non-hydrogen) atoms. The summed E-state index contributed by atoms with van der Waals surface area (Å²) in [4.78, 5) is 21.9. The van der Waals surface area contributed by atoms with Crippen molar-refractivity contribution in [2.45, 2.75) is 18.9 Å². The normalized spacial score (nSPS) is 13.4. The fraction of sp³-hybridized carbons (Fsp3) is 0.429. The summed E-state index contributed by atoms with van der Waals surface area (Å²) in [5.41, 5.74) is 5.83. The van der Waals surface area contributed by atoms with Gasteiger partial charge in [-0.1, -0.05) is 6.07 Å².